The van der Waals surface area contributed by atoms with Gasteiger partial charge in [0.1, 0.15) is 12.4 Å². The molecule has 1 aromatic carbocycles. The molecular formula is C16H19N3O3. The second kappa shape index (κ2) is 6.62. The number of aromatic nitrogens is 2. The highest BCUT2D eigenvalue weighted by atomic mass is 16.6. The molecule has 1 aliphatic heterocycles. The summed E-state index contributed by atoms with van der Waals surface area (Å²) in [4.78, 5) is 18.2. The summed E-state index contributed by atoms with van der Waals surface area (Å²) in [5, 5.41) is 9.47. The Kier molecular flexibility index (Phi) is 4.39. The molecule has 0 bridgehead atoms. The molecule has 0 fully saturated rings. The summed E-state index contributed by atoms with van der Waals surface area (Å²) in [6.45, 7) is 1.80. The lowest BCUT2D eigenvalue weighted by atomic mass is 10.1. The van der Waals surface area contributed by atoms with E-state index in [4.69, 9.17) is 4.74 Å². The number of ether oxygens (including phenoxy) is 1. The van der Waals surface area contributed by atoms with Gasteiger partial charge in [-0.1, -0.05) is 30.3 Å². The predicted octanol–water partition coefficient (Wildman–Crippen LogP) is 1.64. The summed E-state index contributed by atoms with van der Waals surface area (Å²) >= 11 is 0. The second-order valence-corrected chi connectivity index (χ2v) is 5.47. The van der Waals surface area contributed by atoms with Crippen LogP contribution in [-0.4, -0.2) is 38.8 Å². The van der Waals surface area contributed by atoms with Crippen LogP contribution in [0.25, 0.3) is 0 Å². The van der Waals surface area contributed by atoms with Crippen LogP contribution in [0, 0.1) is 5.92 Å². The molecule has 1 aliphatic rings. The van der Waals surface area contributed by atoms with Crippen LogP contribution in [0.5, 0.6) is 0 Å². The van der Waals surface area contributed by atoms with Crippen molar-refractivity contribution in [2.75, 3.05) is 13.2 Å². The minimum absolute atomic E-state index is 0.0141. The first-order valence-electron chi connectivity index (χ1n) is 7.32. The largest absolute Gasteiger partial charge is 0.445 e. The number of imidazole rings is 1. The lowest BCUT2D eigenvalue weighted by Gasteiger charge is -2.22. The Morgan fingerprint density at radius 1 is 1.32 bits per heavy atom. The van der Waals surface area contributed by atoms with Crippen LogP contribution in [0.15, 0.2) is 42.7 Å². The second-order valence-electron chi connectivity index (χ2n) is 5.47. The molecule has 0 spiro atoms. The van der Waals surface area contributed by atoms with Crippen LogP contribution in [0.3, 0.4) is 0 Å². The molecule has 1 N–H and O–H groups in total. The monoisotopic (exact) mass is 301 g/mol. The number of fused-ring (bicyclic) bond motifs is 1. The van der Waals surface area contributed by atoms with Crippen molar-refractivity contribution < 1.29 is 14.6 Å². The normalized spacial score (nSPS) is 17.7. The Labute approximate surface area is 129 Å². The molecule has 22 heavy (non-hydrogen) atoms. The molecule has 1 amide bonds. The number of amides is 1. The highest BCUT2D eigenvalue weighted by Gasteiger charge is 2.26. The van der Waals surface area contributed by atoms with Gasteiger partial charge in [-0.15, -0.1) is 0 Å². The molecule has 6 nitrogen and oxygen atoms in total. The molecule has 0 radical (unpaired) electrons. The zero-order chi connectivity index (χ0) is 15.4. The summed E-state index contributed by atoms with van der Waals surface area (Å²) in [7, 11) is 0. The van der Waals surface area contributed by atoms with E-state index in [9.17, 15) is 9.90 Å². The fourth-order valence-corrected chi connectivity index (χ4v) is 2.61. The van der Waals surface area contributed by atoms with Crippen LogP contribution in [0.1, 0.15) is 11.4 Å². The SMILES string of the molecule is O=C(OCc1ccccc1)N1Cc2nccn2CC(CO)C1. The number of hydrogen-bond acceptors (Lipinski definition) is 4. The average molecular weight is 301 g/mol. The van der Waals surface area contributed by atoms with Crippen LogP contribution in [0.2, 0.25) is 0 Å². The van der Waals surface area contributed by atoms with Gasteiger partial charge >= 0.3 is 6.09 Å². The summed E-state index contributed by atoms with van der Waals surface area (Å²) in [5.41, 5.74) is 0.950. The number of carbonyl (C=O) groups is 1. The Bertz CT molecular complexity index is 627. The van der Waals surface area contributed by atoms with E-state index in [0.29, 0.717) is 19.6 Å². The number of nitrogens with zero attached hydrogens (tertiary/aromatic N) is 3. The summed E-state index contributed by atoms with van der Waals surface area (Å²) in [6, 6.07) is 9.57. The molecule has 3 rings (SSSR count). The number of benzene rings is 1. The first kappa shape index (κ1) is 14.6. The number of aliphatic hydroxyl groups is 1. The van der Waals surface area contributed by atoms with E-state index < -0.39 is 0 Å². The number of hydrogen-bond donors (Lipinski definition) is 1. The minimum Gasteiger partial charge on any atom is -0.445 e. The highest BCUT2D eigenvalue weighted by Crippen LogP contribution is 2.16. The van der Waals surface area contributed by atoms with Gasteiger partial charge in [0.2, 0.25) is 0 Å². The first-order chi connectivity index (χ1) is 10.8. The molecule has 0 aliphatic carbocycles. The zero-order valence-electron chi connectivity index (χ0n) is 12.3. The van der Waals surface area contributed by atoms with E-state index >= 15 is 0 Å². The van der Waals surface area contributed by atoms with E-state index in [1.807, 2.05) is 41.1 Å². The fraction of sp³-hybridized carbons (Fsp3) is 0.375. The van der Waals surface area contributed by atoms with E-state index in [1.54, 1.807) is 11.1 Å². The zero-order valence-corrected chi connectivity index (χ0v) is 12.3. The minimum atomic E-state index is -0.376. The fourth-order valence-electron chi connectivity index (χ4n) is 2.61. The van der Waals surface area contributed by atoms with Gasteiger partial charge < -0.3 is 19.3 Å². The van der Waals surface area contributed by atoms with Gasteiger partial charge in [0.15, 0.2) is 0 Å². The molecule has 1 atom stereocenters. The maximum absolute atomic E-state index is 12.3. The van der Waals surface area contributed by atoms with Crippen LogP contribution in [-0.2, 0) is 24.4 Å². The van der Waals surface area contributed by atoms with E-state index in [-0.39, 0.29) is 25.2 Å². The molecule has 6 heteroatoms. The maximum atomic E-state index is 12.3. The molecule has 1 aromatic heterocycles. The summed E-state index contributed by atoms with van der Waals surface area (Å²) in [5.74, 6) is 0.798. The summed E-state index contributed by atoms with van der Waals surface area (Å²) in [6.07, 6.45) is 3.21. The van der Waals surface area contributed by atoms with Crippen molar-refractivity contribution in [1.82, 2.24) is 14.5 Å². The van der Waals surface area contributed by atoms with Gasteiger partial charge in [-0.05, 0) is 5.56 Å². The van der Waals surface area contributed by atoms with Gasteiger partial charge in [0.25, 0.3) is 0 Å². The van der Waals surface area contributed by atoms with Crippen LogP contribution in [0.4, 0.5) is 4.79 Å². The van der Waals surface area contributed by atoms with Crippen molar-refractivity contribution in [2.45, 2.75) is 19.7 Å². The van der Waals surface area contributed by atoms with Gasteiger partial charge in [0, 0.05) is 38.0 Å². The Morgan fingerprint density at radius 3 is 2.91 bits per heavy atom. The van der Waals surface area contributed by atoms with Crippen molar-refractivity contribution in [3.05, 3.63) is 54.1 Å². The van der Waals surface area contributed by atoms with Gasteiger partial charge in [-0.2, -0.15) is 0 Å². The van der Waals surface area contributed by atoms with Crippen LogP contribution < -0.4 is 0 Å². The smallest absolute Gasteiger partial charge is 0.410 e. The van der Waals surface area contributed by atoms with Gasteiger partial charge in [-0.25, -0.2) is 9.78 Å². The Balaban J connectivity index is 1.66. The average Bonchev–Trinajstić information content (AvgIpc) is 2.91. The molecule has 116 valence electrons. The maximum Gasteiger partial charge on any atom is 0.410 e. The molecule has 0 saturated heterocycles. The van der Waals surface area contributed by atoms with E-state index in [0.717, 1.165) is 11.4 Å². The third kappa shape index (κ3) is 3.28. The quantitative estimate of drug-likeness (QED) is 0.936. The van der Waals surface area contributed by atoms with Crippen molar-refractivity contribution >= 4 is 6.09 Å². The van der Waals surface area contributed by atoms with Crippen molar-refractivity contribution in [1.29, 1.82) is 0 Å². The van der Waals surface area contributed by atoms with Gasteiger partial charge in [-0.3, -0.25) is 0 Å². The highest BCUT2D eigenvalue weighted by molar-refractivity contribution is 5.67. The van der Waals surface area contributed by atoms with E-state index in [1.165, 1.54) is 0 Å². The molecule has 2 heterocycles. The van der Waals surface area contributed by atoms with Crippen molar-refractivity contribution in [2.24, 2.45) is 5.92 Å². The molecule has 2 aromatic rings. The first-order valence-corrected chi connectivity index (χ1v) is 7.32. The third-order valence-corrected chi connectivity index (χ3v) is 3.79. The van der Waals surface area contributed by atoms with Crippen LogP contribution >= 0.6 is 0 Å². The predicted molar refractivity (Wildman–Crippen MR) is 79.8 cm³/mol. The number of carbonyl (C=O) groups excluding carboxylic acids is 1. The Hall–Kier alpha value is -2.34. The van der Waals surface area contributed by atoms with E-state index in [2.05, 4.69) is 4.98 Å². The van der Waals surface area contributed by atoms with Gasteiger partial charge in [0.05, 0.1) is 6.54 Å². The topological polar surface area (TPSA) is 67.6 Å². The summed E-state index contributed by atoms with van der Waals surface area (Å²) < 4.78 is 7.35. The number of aliphatic hydroxyl groups excluding tert-OH is 1. The Morgan fingerprint density at radius 2 is 2.14 bits per heavy atom. The van der Waals surface area contributed by atoms with Crippen molar-refractivity contribution in [3.8, 4) is 0 Å². The third-order valence-electron chi connectivity index (χ3n) is 3.79. The molecular weight excluding hydrogens is 282 g/mol. The molecule has 1 unspecified atom stereocenters. The lowest BCUT2D eigenvalue weighted by molar-refractivity contribution is 0.0826. The standard InChI is InChI=1S/C16H19N3O3/c20-11-14-8-18-7-6-17-15(18)10-19(9-14)16(21)22-12-13-4-2-1-3-5-13/h1-7,14,20H,8-12H2. The number of rotatable bonds is 3. The molecule has 0 saturated carbocycles. The van der Waals surface area contributed by atoms with Crippen molar-refractivity contribution in [3.63, 3.8) is 0 Å². The lowest BCUT2D eigenvalue weighted by Crippen LogP contribution is -2.35.